The number of benzene rings is 1. The number of carbonyl (C=O) groups is 1. The molecule has 0 spiro atoms. The molecular formula is C14H11Cl2N3OS2. The smallest absolute Gasteiger partial charge is 0.267 e. The van der Waals surface area contributed by atoms with Crippen molar-refractivity contribution >= 4 is 58.3 Å². The van der Waals surface area contributed by atoms with E-state index >= 15 is 0 Å². The van der Waals surface area contributed by atoms with Crippen LogP contribution in [0.5, 0.6) is 0 Å². The minimum absolute atomic E-state index is 0.155. The van der Waals surface area contributed by atoms with Gasteiger partial charge in [-0.25, -0.2) is 4.98 Å². The Morgan fingerprint density at radius 3 is 2.86 bits per heavy atom. The number of hydrogen-bond donors (Lipinski definition) is 1. The standard InChI is InChI=1S/C14H11Cl2N3OS2/c15-8-1-2-9(10(16)5-8)11-6-21-14(22-11)12(13(17)20)19-4-3-18-7-19/h1-5,7,11H,6H2,(H2,17,20)/b14-12+/t11-/m0/s1. The Morgan fingerprint density at radius 2 is 2.23 bits per heavy atom. The van der Waals surface area contributed by atoms with Crippen molar-refractivity contribution in [2.24, 2.45) is 5.73 Å². The van der Waals surface area contributed by atoms with E-state index in [-0.39, 0.29) is 5.25 Å². The number of hydrogen-bond acceptors (Lipinski definition) is 4. The number of thioether (sulfide) groups is 2. The number of halogens is 2. The summed E-state index contributed by atoms with van der Waals surface area (Å²) in [4.78, 5) is 15.7. The molecule has 2 N–H and O–H groups in total. The highest BCUT2D eigenvalue weighted by Crippen LogP contribution is 2.53. The topological polar surface area (TPSA) is 60.9 Å². The average molecular weight is 372 g/mol. The van der Waals surface area contributed by atoms with Gasteiger partial charge < -0.3 is 5.73 Å². The van der Waals surface area contributed by atoms with E-state index < -0.39 is 5.91 Å². The lowest BCUT2D eigenvalue weighted by atomic mass is 10.2. The summed E-state index contributed by atoms with van der Waals surface area (Å²) in [6.45, 7) is 0. The predicted molar refractivity (Wildman–Crippen MR) is 93.9 cm³/mol. The van der Waals surface area contributed by atoms with Gasteiger partial charge in [-0.15, -0.1) is 23.5 Å². The molecule has 2 heterocycles. The second-order valence-corrected chi connectivity index (χ2v) is 7.90. The third-order valence-electron chi connectivity index (χ3n) is 3.11. The highest BCUT2D eigenvalue weighted by molar-refractivity contribution is 8.25. The fraction of sp³-hybridized carbons (Fsp3) is 0.143. The minimum Gasteiger partial charge on any atom is -0.364 e. The molecule has 0 aliphatic carbocycles. The van der Waals surface area contributed by atoms with E-state index in [1.165, 1.54) is 0 Å². The Hall–Kier alpha value is -1.08. The first kappa shape index (κ1) is 15.8. The predicted octanol–water partition coefficient (Wildman–Crippen LogP) is 4.02. The van der Waals surface area contributed by atoms with Crippen LogP contribution >= 0.6 is 46.7 Å². The molecule has 1 aliphatic rings. The van der Waals surface area contributed by atoms with Crippen LogP contribution in [0.1, 0.15) is 10.8 Å². The third-order valence-corrected chi connectivity index (χ3v) is 6.60. The van der Waals surface area contributed by atoms with Crippen molar-refractivity contribution in [3.63, 3.8) is 0 Å². The molecule has 0 bridgehead atoms. The van der Waals surface area contributed by atoms with Crippen molar-refractivity contribution < 1.29 is 4.79 Å². The molecule has 22 heavy (non-hydrogen) atoms. The summed E-state index contributed by atoms with van der Waals surface area (Å²) >= 11 is 15.4. The molecule has 2 aromatic rings. The SMILES string of the molecule is NC(=O)/C(=C1/SC[C@@H](c2ccc(Cl)cc2Cl)S1)n1ccnc1. The zero-order valence-electron chi connectivity index (χ0n) is 11.2. The van der Waals surface area contributed by atoms with E-state index in [0.717, 1.165) is 15.6 Å². The van der Waals surface area contributed by atoms with Gasteiger partial charge in [0.2, 0.25) is 0 Å². The first-order valence-corrected chi connectivity index (χ1v) is 8.95. The normalized spacial score (nSPS) is 20.2. The zero-order chi connectivity index (χ0) is 15.7. The second kappa shape index (κ2) is 6.58. The van der Waals surface area contributed by atoms with E-state index in [1.807, 2.05) is 12.1 Å². The van der Waals surface area contributed by atoms with Crippen LogP contribution in [0.4, 0.5) is 0 Å². The second-order valence-electron chi connectivity index (χ2n) is 4.55. The summed E-state index contributed by atoms with van der Waals surface area (Å²) < 4.78 is 2.52. The van der Waals surface area contributed by atoms with Crippen LogP contribution in [0.2, 0.25) is 10.0 Å². The molecule has 1 saturated heterocycles. The summed E-state index contributed by atoms with van der Waals surface area (Å²) in [7, 11) is 0. The van der Waals surface area contributed by atoms with Gasteiger partial charge in [0, 0.05) is 33.4 Å². The number of aromatic nitrogens is 2. The molecular weight excluding hydrogens is 361 g/mol. The lowest BCUT2D eigenvalue weighted by molar-refractivity contribution is -0.113. The zero-order valence-corrected chi connectivity index (χ0v) is 14.3. The Bertz CT molecular complexity index is 747. The van der Waals surface area contributed by atoms with Crippen LogP contribution in [0.15, 0.2) is 41.2 Å². The number of nitrogens with zero attached hydrogens (tertiary/aromatic N) is 2. The molecule has 1 aliphatic heterocycles. The van der Waals surface area contributed by atoms with Crippen molar-refractivity contribution in [2.45, 2.75) is 5.25 Å². The lowest BCUT2D eigenvalue weighted by Crippen LogP contribution is -2.17. The van der Waals surface area contributed by atoms with Gasteiger partial charge in [-0.05, 0) is 17.7 Å². The Morgan fingerprint density at radius 1 is 1.41 bits per heavy atom. The maximum Gasteiger partial charge on any atom is 0.267 e. The van der Waals surface area contributed by atoms with Crippen LogP contribution in [0.3, 0.4) is 0 Å². The molecule has 1 atom stereocenters. The van der Waals surface area contributed by atoms with Gasteiger partial charge in [0.25, 0.3) is 5.91 Å². The Balaban J connectivity index is 1.93. The van der Waals surface area contributed by atoms with Gasteiger partial charge in [-0.1, -0.05) is 29.3 Å². The highest BCUT2D eigenvalue weighted by atomic mass is 35.5. The summed E-state index contributed by atoms with van der Waals surface area (Å²) in [6, 6.07) is 5.48. The van der Waals surface area contributed by atoms with Crippen molar-refractivity contribution in [3.05, 3.63) is 56.8 Å². The molecule has 114 valence electrons. The molecule has 1 aromatic carbocycles. The number of amides is 1. The van der Waals surface area contributed by atoms with Gasteiger partial charge in [0.05, 0.1) is 10.6 Å². The maximum absolute atomic E-state index is 11.8. The van der Waals surface area contributed by atoms with E-state index in [4.69, 9.17) is 28.9 Å². The average Bonchev–Trinajstić information content (AvgIpc) is 3.11. The number of rotatable bonds is 3. The van der Waals surface area contributed by atoms with Crippen molar-refractivity contribution in [2.75, 3.05) is 5.75 Å². The van der Waals surface area contributed by atoms with Gasteiger partial charge in [-0.3, -0.25) is 9.36 Å². The largest absolute Gasteiger partial charge is 0.364 e. The fourth-order valence-electron chi connectivity index (χ4n) is 2.11. The van der Waals surface area contributed by atoms with Gasteiger partial charge in [0.15, 0.2) is 0 Å². The van der Waals surface area contributed by atoms with Crippen LogP contribution in [0.25, 0.3) is 5.70 Å². The molecule has 1 amide bonds. The molecule has 1 aromatic heterocycles. The molecule has 1 fully saturated rings. The molecule has 0 radical (unpaired) electrons. The molecule has 8 heteroatoms. The number of nitrogens with two attached hydrogens (primary N) is 1. The quantitative estimate of drug-likeness (QED) is 0.827. The van der Waals surface area contributed by atoms with Crippen molar-refractivity contribution in [3.8, 4) is 0 Å². The third kappa shape index (κ3) is 3.15. The van der Waals surface area contributed by atoms with E-state index in [2.05, 4.69) is 4.98 Å². The summed E-state index contributed by atoms with van der Waals surface area (Å²) in [6.07, 6.45) is 4.88. The maximum atomic E-state index is 11.8. The summed E-state index contributed by atoms with van der Waals surface area (Å²) in [5.41, 5.74) is 6.98. The minimum atomic E-state index is -0.476. The number of carbonyl (C=O) groups excluding carboxylic acids is 1. The van der Waals surface area contributed by atoms with Crippen LogP contribution in [-0.4, -0.2) is 21.2 Å². The molecule has 4 nitrogen and oxygen atoms in total. The van der Waals surface area contributed by atoms with Crippen LogP contribution < -0.4 is 5.73 Å². The lowest BCUT2D eigenvalue weighted by Gasteiger charge is -2.11. The molecule has 3 rings (SSSR count). The van der Waals surface area contributed by atoms with Gasteiger partial charge >= 0.3 is 0 Å². The van der Waals surface area contributed by atoms with E-state index in [9.17, 15) is 4.79 Å². The van der Waals surface area contributed by atoms with Gasteiger partial charge in [-0.2, -0.15) is 0 Å². The highest BCUT2D eigenvalue weighted by Gasteiger charge is 2.29. The monoisotopic (exact) mass is 371 g/mol. The number of imidazole rings is 1. The van der Waals surface area contributed by atoms with Crippen molar-refractivity contribution in [1.82, 2.24) is 9.55 Å². The molecule has 0 saturated carbocycles. The first-order valence-electron chi connectivity index (χ1n) is 6.33. The first-order chi connectivity index (χ1) is 10.6. The van der Waals surface area contributed by atoms with E-state index in [1.54, 1.807) is 52.9 Å². The van der Waals surface area contributed by atoms with Crippen LogP contribution in [-0.2, 0) is 4.79 Å². The summed E-state index contributed by atoms with van der Waals surface area (Å²) in [5.74, 6) is 0.336. The Labute approximate surface area is 146 Å². The molecule has 0 unspecified atom stereocenters. The van der Waals surface area contributed by atoms with Crippen molar-refractivity contribution in [1.29, 1.82) is 0 Å². The summed E-state index contributed by atoms with van der Waals surface area (Å²) in [5, 5.41) is 1.40. The van der Waals surface area contributed by atoms with Crippen LogP contribution in [0, 0.1) is 0 Å². The fourth-order valence-corrected chi connectivity index (χ4v) is 5.75. The number of primary amides is 1. The Kier molecular flexibility index (Phi) is 4.73. The van der Waals surface area contributed by atoms with Gasteiger partial charge in [0.1, 0.15) is 5.70 Å². The van der Waals surface area contributed by atoms with E-state index in [0.29, 0.717) is 15.7 Å².